The number of amides is 1. The molecule has 2 aromatic rings. The second kappa shape index (κ2) is 8.48. The molecule has 0 aliphatic heterocycles. The van der Waals surface area contributed by atoms with Gasteiger partial charge < -0.3 is 10.4 Å². The highest BCUT2D eigenvalue weighted by Crippen LogP contribution is 2.52. The van der Waals surface area contributed by atoms with Gasteiger partial charge in [0.2, 0.25) is 5.91 Å². The third kappa shape index (κ3) is 4.73. The molecule has 0 unspecified atom stereocenters. The van der Waals surface area contributed by atoms with Crippen molar-refractivity contribution in [2.24, 2.45) is 5.92 Å². The molecule has 1 aromatic carbocycles. The minimum atomic E-state index is -6.35. The van der Waals surface area contributed by atoms with Crippen molar-refractivity contribution in [1.82, 2.24) is 4.98 Å². The van der Waals surface area contributed by atoms with Crippen molar-refractivity contribution < 1.29 is 49.1 Å². The monoisotopic (exact) mass is 514 g/mol. The first-order chi connectivity index (χ1) is 15.5. The lowest BCUT2D eigenvalue weighted by Gasteiger charge is -2.33. The molecule has 1 fully saturated rings. The average molecular weight is 514 g/mol. The molecule has 186 valence electrons. The number of carbonyl (C=O) groups excluding carboxylic acids is 1. The smallest absolute Gasteiger partial charge is 0.369 e. The normalized spacial score (nSPS) is 15.3. The van der Waals surface area contributed by atoms with Crippen molar-refractivity contribution in [3.8, 4) is 11.1 Å². The molecule has 0 radical (unpaired) electrons. The molecule has 34 heavy (non-hydrogen) atoms. The third-order valence-electron chi connectivity index (χ3n) is 5.16. The summed E-state index contributed by atoms with van der Waals surface area (Å²) in [6.07, 6.45) is -10.5. The van der Waals surface area contributed by atoms with E-state index in [1.54, 1.807) is 0 Å². The highest BCUT2D eigenvalue weighted by atomic mass is 32.2. The van der Waals surface area contributed by atoms with Gasteiger partial charge in [-0.1, -0.05) is 6.07 Å². The standard InChI is InChI=1S/C20H17F7N2O4S/c1-10(30)29-14-6-5-13(18(31,19(22,23)24)20(25,26)27)17(21)16(14)12-4-7-15(28-8-12)34(32,33)9-11-2-3-11/h4-8,11,31H,2-3,9H2,1H3,(H,29,30). The second-order valence-corrected chi connectivity index (χ2v) is 9.83. The van der Waals surface area contributed by atoms with E-state index in [-0.39, 0.29) is 17.7 Å². The summed E-state index contributed by atoms with van der Waals surface area (Å²) in [5, 5.41) is 11.3. The number of rotatable bonds is 6. The Hall–Kier alpha value is -2.74. The zero-order valence-corrected chi connectivity index (χ0v) is 18.1. The van der Waals surface area contributed by atoms with Crippen LogP contribution in [0.25, 0.3) is 11.1 Å². The fraction of sp³-hybridized carbons (Fsp3) is 0.400. The van der Waals surface area contributed by atoms with Crippen LogP contribution in [0.2, 0.25) is 0 Å². The lowest BCUT2D eigenvalue weighted by atomic mass is 9.88. The predicted octanol–water partition coefficient (Wildman–Crippen LogP) is 4.34. The van der Waals surface area contributed by atoms with Gasteiger partial charge in [-0.2, -0.15) is 26.3 Å². The molecule has 1 heterocycles. The molecule has 14 heteroatoms. The van der Waals surface area contributed by atoms with Crippen molar-refractivity contribution in [2.45, 2.75) is 42.7 Å². The summed E-state index contributed by atoms with van der Waals surface area (Å²) in [5.41, 5.74) is -9.61. The Kier molecular flexibility index (Phi) is 6.46. The number of pyridine rings is 1. The number of carbonyl (C=O) groups is 1. The Morgan fingerprint density at radius 3 is 2.12 bits per heavy atom. The van der Waals surface area contributed by atoms with Crippen molar-refractivity contribution in [3.05, 3.63) is 41.8 Å². The Morgan fingerprint density at radius 1 is 1.09 bits per heavy atom. The number of sulfone groups is 1. The Bertz CT molecular complexity index is 1190. The second-order valence-electron chi connectivity index (χ2n) is 7.85. The maximum absolute atomic E-state index is 15.3. The molecule has 0 bridgehead atoms. The first-order valence-electron chi connectivity index (χ1n) is 9.64. The maximum atomic E-state index is 15.3. The number of nitrogens with zero attached hydrogens (tertiary/aromatic N) is 1. The molecule has 0 atom stereocenters. The number of anilines is 1. The predicted molar refractivity (Wildman–Crippen MR) is 105 cm³/mol. The first-order valence-corrected chi connectivity index (χ1v) is 11.3. The van der Waals surface area contributed by atoms with Gasteiger partial charge in [-0.3, -0.25) is 4.79 Å². The van der Waals surface area contributed by atoms with Gasteiger partial charge in [-0.15, -0.1) is 0 Å². The quantitative estimate of drug-likeness (QED) is 0.560. The van der Waals surface area contributed by atoms with Crippen LogP contribution >= 0.6 is 0 Å². The molecular formula is C20H17F7N2O4S. The van der Waals surface area contributed by atoms with Crippen molar-refractivity contribution in [1.29, 1.82) is 0 Å². The Balaban J connectivity index is 2.20. The van der Waals surface area contributed by atoms with E-state index in [2.05, 4.69) is 10.3 Å². The molecule has 1 saturated carbocycles. The number of aromatic nitrogens is 1. The van der Waals surface area contributed by atoms with E-state index in [0.717, 1.165) is 38.1 Å². The van der Waals surface area contributed by atoms with E-state index < -0.39 is 66.9 Å². The van der Waals surface area contributed by atoms with E-state index >= 15 is 4.39 Å². The highest BCUT2D eigenvalue weighted by Gasteiger charge is 2.72. The van der Waals surface area contributed by atoms with Gasteiger partial charge in [-0.05, 0) is 37.0 Å². The summed E-state index contributed by atoms with van der Waals surface area (Å²) >= 11 is 0. The minimum Gasteiger partial charge on any atom is -0.369 e. The van der Waals surface area contributed by atoms with Crippen molar-refractivity contribution in [3.63, 3.8) is 0 Å². The van der Waals surface area contributed by atoms with Crippen LogP contribution in [-0.2, 0) is 20.2 Å². The lowest BCUT2D eigenvalue weighted by molar-refractivity contribution is -0.377. The molecule has 3 rings (SSSR count). The fourth-order valence-electron chi connectivity index (χ4n) is 3.29. The van der Waals surface area contributed by atoms with Crippen molar-refractivity contribution in [2.75, 3.05) is 11.1 Å². The van der Waals surface area contributed by atoms with E-state index in [0.29, 0.717) is 6.07 Å². The fourth-order valence-corrected chi connectivity index (χ4v) is 4.90. The summed E-state index contributed by atoms with van der Waals surface area (Å²) in [4.78, 5) is 15.1. The lowest BCUT2D eigenvalue weighted by Crippen LogP contribution is -2.54. The van der Waals surface area contributed by atoms with Crippen LogP contribution in [0.1, 0.15) is 25.3 Å². The number of benzene rings is 1. The number of hydrogen-bond acceptors (Lipinski definition) is 5. The summed E-state index contributed by atoms with van der Waals surface area (Å²) in [7, 11) is -3.82. The largest absolute Gasteiger partial charge is 0.430 e. The highest BCUT2D eigenvalue weighted by molar-refractivity contribution is 7.91. The summed E-state index contributed by atoms with van der Waals surface area (Å²) in [5.74, 6) is -3.18. The Labute approximate surface area is 188 Å². The van der Waals surface area contributed by atoms with Crippen LogP contribution in [0.5, 0.6) is 0 Å². The minimum absolute atomic E-state index is 0.0330. The summed E-state index contributed by atoms with van der Waals surface area (Å²) in [6, 6.07) is 2.49. The van der Waals surface area contributed by atoms with Gasteiger partial charge in [0.25, 0.3) is 5.60 Å². The molecule has 1 aliphatic rings. The molecule has 1 amide bonds. The van der Waals surface area contributed by atoms with E-state index in [4.69, 9.17) is 0 Å². The molecule has 2 N–H and O–H groups in total. The number of nitrogens with one attached hydrogen (secondary N) is 1. The van der Waals surface area contributed by atoms with Crippen LogP contribution in [0.4, 0.5) is 36.4 Å². The van der Waals surface area contributed by atoms with Crippen LogP contribution < -0.4 is 5.32 Å². The van der Waals surface area contributed by atoms with Gasteiger partial charge in [-0.25, -0.2) is 17.8 Å². The number of halogens is 7. The van der Waals surface area contributed by atoms with Crippen LogP contribution in [0.15, 0.2) is 35.5 Å². The Morgan fingerprint density at radius 2 is 1.68 bits per heavy atom. The van der Waals surface area contributed by atoms with Gasteiger partial charge in [0, 0.05) is 29.8 Å². The summed E-state index contributed by atoms with van der Waals surface area (Å²) < 4.78 is 120. The number of aliphatic hydroxyl groups is 1. The topological polar surface area (TPSA) is 96.4 Å². The molecule has 1 aromatic heterocycles. The molecule has 0 spiro atoms. The SMILES string of the molecule is CC(=O)Nc1ccc(C(O)(C(F)(F)F)C(F)(F)F)c(F)c1-c1ccc(S(=O)(=O)CC2CC2)nc1. The molecule has 0 saturated heterocycles. The van der Waals surface area contributed by atoms with Gasteiger partial charge >= 0.3 is 12.4 Å². The average Bonchev–Trinajstić information content (AvgIpc) is 3.49. The number of alkyl halides is 6. The molecule has 6 nitrogen and oxygen atoms in total. The van der Waals surface area contributed by atoms with Crippen molar-refractivity contribution >= 4 is 21.4 Å². The van der Waals surface area contributed by atoms with Crippen LogP contribution in [-0.4, -0.2) is 42.5 Å². The molecule has 1 aliphatic carbocycles. The van der Waals surface area contributed by atoms with E-state index in [1.165, 1.54) is 0 Å². The van der Waals surface area contributed by atoms with Crippen LogP contribution in [0.3, 0.4) is 0 Å². The van der Waals surface area contributed by atoms with Gasteiger partial charge in [0.05, 0.1) is 11.4 Å². The zero-order valence-electron chi connectivity index (χ0n) is 17.3. The third-order valence-corrected chi connectivity index (χ3v) is 6.95. The zero-order chi connectivity index (χ0) is 25.7. The van der Waals surface area contributed by atoms with Gasteiger partial charge in [0.1, 0.15) is 5.82 Å². The number of hydrogen-bond donors (Lipinski definition) is 2. The van der Waals surface area contributed by atoms with Crippen LogP contribution in [0, 0.1) is 11.7 Å². The maximum Gasteiger partial charge on any atom is 0.430 e. The van der Waals surface area contributed by atoms with Gasteiger partial charge in [0.15, 0.2) is 14.9 Å². The van der Waals surface area contributed by atoms with E-state index in [1.807, 2.05) is 0 Å². The summed E-state index contributed by atoms with van der Waals surface area (Å²) in [6.45, 7) is 0.961. The molecular weight excluding hydrogens is 497 g/mol. The first kappa shape index (κ1) is 25.9. The van der Waals surface area contributed by atoms with E-state index in [9.17, 15) is 44.7 Å².